The smallest absolute Gasteiger partial charge is 0.503 e. The van der Waals surface area contributed by atoms with E-state index in [-0.39, 0.29) is 9.63 Å². The molecule has 0 saturated heterocycles. The SMILES string of the molecule is Oc1cc(Cl)c(Br)nc1OC(F)(F)F. The molecular formula is C6H2BrClF3NO2. The molecule has 1 rings (SSSR count). The summed E-state index contributed by atoms with van der Waals surface area (Å²) in [5, 5.41) is 8.97. The van der Waals surface area contributed by atoms with Crippen molar-refractivity contribution in [1.82, 2.24) is 4.98 Å². The van der Waals surface area contributed by atoms with Gasteiger partial charge in [-0.1, -0.05) is 11.6 Å². The Morgan fingerprint density at radius 1 is 1.50 bits per heavy atom. The van der Waals surface area contributed by atoms with Crippen LogP contribution in [0.25, 0.3) is 0 Å². The minimum absolute atomic E-state index is 0.0166. The minimum Gasteiger partial charge on any atom is -0.503 e. The first kappa shape index (κ1) is 11.4. The van der Waals surface area contributed by atoms with Gasteiger partial charge in [-0.2, -0.15) is 0 Å². The van der Waals surface area contributed by atoms with Crippen molar-refractivity contribution in [1.29, 1.82) is 0 Å². The lowest BCUT2D eigenvalue weighted by Gasteiger charge is -2.09. The summed E-state index contributed by atoms with van der Waals surface area (Å²) in [6, 6.07) is 0.889. The molecule has 78 valence electrons. The first-order chi connectivity index (χ1) is 6.29. The van der Waals surface area contributed by atoms with Crippen molar-refractivity contribution >= 4 is 27.5 Å². The minimum atomic E-state index is -4.91. The molecular weight excluding hydrogens is 290 g/mol. The van der Waals surface area contributed by atoms with Gasteiger partial charge >= 0.3 is 6.36 Å². The molecule has 0 amide bonds. The van der Waals surface area contributed by atoms with E-state index in [4.69, 9.17) is 16.7 Å². The molecule has 8 heteroatoms. The number of hydrogen-bond acceptors (Lipinski definition) is 3. The lowest BCUT2D eigenvalue weighted by molar-refractivity contribution is -0.276. The highest BCUT2D eigenvalue weighted by atomic mass is 79.9. The van der Waals surface area contributed by atoms with Gasteiger partial charge in [0.25, 0.3) is 5.88 Å². The largest absolute Gasteiger partial charge is 0.574 e. The van der Waals surface area contributed by atoms with Gasteiger partial charge in [0.2, 0.25) is 0 Å². The fourth-order valence-electron chi connectivity index (χ4n) is 0.626. The third kappa shape index (κ3) is 2.91. The second kappa shape index (κ2) is 3.82. The Hall–Kier alpha value is -0.690. The maximum Gasteiger partial charge on any atom is 0.574 e. The summed E-state index contributed by atoms with van der Waals surface area (Å²) >= 11 is 8.24. The van der Waals surface area contributed by atoms with Crippen molar-refractivity contribution in [2.45, 2.75) is 6.36 Å². The number of aromatic nitrogens is 1. The second-order valence-corrected chi connectivity index (χ2v) is 3.29. The molecule has 1 N–H and O–H groups in total. The van der Waals surface area contributed by atoms with Crippen molar-refractivity contribution in [3.8, 4) is 11.6 Å². The third-order valence-electron chi connectivity index (χ3n) is 1.09. The van der Waals surface area contributed by atoms with E-state index >= 15 is 0 Å². The molecule has 0 aliphatic heterocycles. The van der Waals surface area contributed by atoms with Crippen LogP contribution in [-0.2, 0) is 0 Å². The zero-order valence-electron chi connectivity index (χ0n) is 6.27. The molecule has 0 bridgehead atoms. The third-order valence-corrected chi connectivity index (χ3v) is 2.21. The number of hydrogen-bond donors (Lipinski definition) is 1. The molecule has 0 radical (unpaired) electrons. The zero-order chi connectivity index (χ0) is 10.9. The number of ether oxygens (including phenoxy) is 1. The maximum absolute atomic E-state index is 11.7. The van der Waals surface area contributed by atoms with Crippen LogP contribution in [0, 0.1) is 0 Å². The van der Waals surface area contributed by atoms with Gasteiger partial charge in [0, 0.05) is 6.07 Å². The predicted molar refractivity (Wildman–Crippen MR) is 45.3 cm³/mol. The van der Waals surface area contributed by atoms with Crippen molar-refractivity contribution in [2.24, 2.45) is 0 Å². The normalized spacial score (nSPS) is 11.5. The lowest BCUT2D eigenvalue weighted by Crippen LogP contribution is -2.18. The summed E-state index contributed by atoms with van der Waals surface area (Å²) in [4.78, 5) is 3.25. The summed E-state index contributed by atoms with van der Waals surface area (Å²) < 4.78 is 38.6. The van der Waals surface area contributed by atoms with Gasteiger partial charge in [-0.05, 0) is 15.9 Å². The van der Waals surface area contributed by atoms with Crippen LogP contribution in [0.3, 0.4) is 0 Å². The van der Waals surface area contributed by atoms with Gasteiger partial charge < -0.3 is 9.84 Å². The molecule has 0 aromatic carbocycles. The monoisotopic (exact) mass is 291 g/mol. The summed E-state index contributed by atoms with van der Waals surface area (Å²) in [5.74, 6) is -1.73. The molecule has 0 fully saturated rings. The van der Waals surface area contributed by atoms with E-state index in [0.717, 1.165) is 6.07 Å². The van der Waals surface area contributed by atoms with E-state index in [9.17, 15) is 13.2 Å². The van der Waals surface area contributed by atoms with E-state index in [1.54, 1.807) is 0 Å². The summed E-state index contributed by atoms with van der Waals surface area (Å²) in [7, 11) is 0. The molecule has 3 nitrogen and oxygen atoms in total. The number of nitrogens with zero attached hydrogens (tertiary/aromatic N) is 1. The molecule has 0 spiro atoms. The standard InChI is InChI=1S/C6H2BrClF3NO2/c7-4-2(8)1-3(13)5(12-4)14-6(9,10)11/h1,13H. The Labute approximate surface area is 89.6 Å². The summed E-state index contributed by atoms with van der Waals surface area (Å²) in [6.45, 7) is 0. The Balaban J connectivity index is 3.04. The van der Waals surface area contributed by atoms with Crippen LogP contribution in [0.4, 0.5) is 13.2 Å². The zero-order valence-corrected chi connectivity index (χ0v) is 8.61. The van der Waals surface area contributed by atoms with Crippen molar-refractivity contribution in [3.63, 3.8) is 0 Å². The quantitative estimate of drug-likeness (QED) is 0.809. The molecule has 1 aromatic heterocycles. The van der Waals surface area contributed by atoms with Crippen LogP contribution in [0.15, 0.2) is 10.7 Å². The van der Waals surface area contributed by atoms with E-state index in [0.29, 0.717) is 0 Å². The predicted octanol–water partition coefficient (Wildman–Crippen LogP) is 3.10. The Bertz CT molecular complexity index is 358. The molecule has 0 atom stereocenters. The number of rotatable bonds is 1. The molecule has 1 aromatic rings. The molecule has 0 aliphatic rings. The van der Waals surface area contributed by atoms with E-state index in [1.807, 2.05) is 0 Å². The fourth-order valence-corrected chi connectivity index (χ4v) is 1.05. The van der Waals surface area contributed by atoms with Crippen LogP contribution < -0.4 is 4.74 Å². The van der Waals surface area contributed by atoms with Gasteiger partial charge in [-0.3, -0.25) is 0 Å². The van der Waals surface area contributed by atoms with Crippen LogP contribution in [0.5, 0.6) is 11.6 Å². The molecule has 1 heterocycles. The van der Waals surface area contributed by atoms with Crippen LogP contribution in [0.2, 0.25) is 5.02 Å². The average Bonchev–Trinajstić information content (AvgIpc) is 1.97. The maximum atomic E-state index is 11.7. The van der Waals surface area contributed by atoms with Crippen LogP contribution in [0.1, 0.15) is 0 Å². The Morgan fingerprint density at radius 2 is 2.07 bits per heavy atom. The van der Waals surface area contributed by atoms with Crippen LogP contribution >= 0.6 is 27.5 Å². The average molecular weight is 292 g/mol. The second-order valence-electron chi connectivity index (χ2n) is 2.13. The van der Waals surface area contributed by atoms with Crippen molar-refractivity contribution in [3.05, 3.63) is 15.7 Å². The number of alkyl halides is 3. The van der Waals surface area contributed by atoms with Crippen molar-refractivity contribution < 1.29 is 23.0 Å². The van der Waals surface area contributed by atoms with Crippen molar-refractivity contribution in [2.75, 3.05) is 0 Å². The molecule has 0 unspecified atom stereocenters. The van der Waals surface area contributed by atoms with Gasteiger partial charge in [-0.25, -0.2) is 4.98 Å². The van der Waals surface area contributed by atoms with E-state index in [1.165, 1.54) is 0 Å². The lowest BCUT2D eigenvalue weighted by atomic mass is 10.4. The molecule has 0 saturated carbocycles. The highest BCUT2D eigenvalue weighted by Gasteiger charge is 2.33. The van der Waals surface area contributed by atoms with Crippen LogP contribution in [-0.4, -0.2) is 16.5 Å². The fraction of sp³-hybridized carbons (Fsp3) is 0.167. The Kier molecular flexibility index (Phi) is 3.10. The number of aromatic hydroxyl groups is 1. The van der Waals surface area contributed by atoms with E-state index < -0.39 is 18.0 Å². The summed E-state index contributed by atoms with van der Waals surface area (Å²) in [5.41, 5.74) is 0. The van der Waals surface area contributed by atoms with Gasteiger partial charge in [0.1, 0.15) is 4.60 Å². The number of pyridine rings is 1. The van der Waals surface area contributed by atoms with E-state index in [2.05, 4.69) is 25.7 Å². The highest BCUT2D eigenvalue weighted by molar-refractivity contribution is 9.10. The Morgan fingerprint density at radius 3 is 2.57 bits per heavy atom. The first-order valence-corrected chi connectivity index (χ1v) is 4.27. The van der Waals surface area contributed by atoms with Gasteiger partial charge in [-0.15, -0.1) is 13.2 Å². The first-order valence-electron chi connectivity index (χ1n) is 3.10. The number of halogens is 5. The molecule has 0 aliphatic carbocycles. The highest BCUT2D eigenvalue weighted by Crippen LogP contribution is 2.34. The van der Waals surface area contributed by atoms with Gasteiger partial charge in [0.15, 0.2) is 5.75 Å². The summed E-state index contributed by atoms with van der Waals surface area (Å²) in [6.07, 6.45) is -4.91. The topological polar surface area (TPSA) is 42.4 Å². The van der Waals surface area contributed by atoms with Gasteiger partial charge in [0.05, 0.1) is 5.02 Å². The molecule has 14 heavy (non-hydrogen) atoms.